The number of nitrogens with one attached hydrogen (secondary N) is 1. The van der Waals surface area contributed by atoms with Gasteiger partial charge in [0.25, 0.3) is 0 Å². The quantitative estimate of drug-likeness (QED) is 0.753. The van der Waals surface area contributed by atoms with Crippen LogP contribution in [-0.4, -0.2) is 35.0 Å². The van der Waals surface area contributed by atoms with Crippen LogP contribution in [0.4, 0.5) is 17.2 Å². The number of nitrogens with two attached hydrogens (primary N) is 1. The van der Waals surface area contributed by atoms with Gasteiger partial charge in [0.2, 0.25) is 11.8 Å². The molecule has 0 saturated heterocycles. The predicted octanol–water partition coefficient (Wildman–Crippen LogP) is 2.64. The van der Waals surface area contributed by atoms with Crippen molar-refractivity contribution >= 4 is 53.2 Å². The maximum absolute atomic E-state index is 12.5. The summed E-state index contributed by atoms with van der Waals surface area (Å²) in [6, 6.07) is 7.29. The Morgan fingerprint density at radius 1 is 1.38 bits per heavy atom. The normalized spacial score (nSPS) is 12.9. The van der Waals surface area contributed by atoms with Crippen LogP contribution >= 0.6 is 24.2 Å². The zero-order chi connectivity index (χ0) is 17.8. The molecule has 2 heterocycles. The summed E-state index contributed by atoms with van der Waals surface area (Å²) in [5.41, 5.74) is 8.66. The van der Waals surface area contributed by atoms with Gasteiger partial charge in [-0.15, -0.1) is 24.2 Å². The molecule has 1 aliphatic rings. The fraction of sp³-hybridized carbons (Fsp3) is 0.353. The van der Waals surface area contributed by atoms with Gasteiger partial charge < -0.3 is 20.5 Å². The maximum Gasteiger partial charge on any atom is 0.236 e. The summed E-state index contributed by atoms with van der Waals surface area (Å²) in [5.74, 6) is 1.20. The molecule has 0 aliphatic carbocycles. The van der Waals surface area contributed by atoms with Crippen LogP contribution in [0, 0.1) is 6.92 Å². The van der Waals surface area contributed by atoms with Gasteiger partial charge in [-0.05, 0) is 37.5 Å². The highest BCUT2D eigenvalue weighted by Gasteiger charge is 2.23. The van der Waals surface area contributed by atoms with Gasteiger partial charge in [-0.25, -0.2) is 0 Å². The smallest absolute Gasteiger partial charge is 0.236 e. The largest absolute Gasteiger partial charge is 0.398 e. The summed E-state index contributed by atoms with van der Waals surface area (Å²) < 4.78 is 4.89. The average molecular weight is 397 g/mol. The van der Waals surface area contributed by atoms with Crippen LogP contribution in [0.5, 0.6) is 0 Å². The van der Waals surface area contributed by atoms with Gasteiger partial charge >= 0.3 is 0 Å². The molecule has 3 N–H and O–H groups in total. The fourth-order valence-corrected chi connectivity index (χ4v) is 3.51. The van der Waals surface area contributed by atoms with E-state index < -0.39 is 0 Å². The number of hydrogen-bond acceptors (Lipinski definition) is 6. The third-order valence-corrected chi connectivity index (χ3v) is 4.86. The molecule has 0 bridgehead atoms. The first-order valence-electron chi connectivity index (χ1n) is 8.03. The Kier molecular flexibility index (Phi) is 6.93. The Balaban J connectivity index is 0.00000243. The van der Waals surface area contributed by atoms with E-state index in [2.05, 4.69) is 10.5 Å². The Morgan fingerprint density at radius 3 is 2.92 bits per heavy atom. The van der Waals surface area contributed by atoms with E-state index in [1.807, 2.05) is 18.2 Å². The highest BCUT2D eigenvalue weighted by atomic mass is 35.5. The van der Waals surface area contributed by atoms with Crippen LogP contribution in [0.1, 0.15) is 17.7 Å². The molecule has 140 valence electrons. The minimum atomic E-state index is -0.214. The van der Waals surface area contributed by atoms with Gasteiger partial charge in [-0.1, -0.05) is 11.2 Å². The van der Waals surface area contributed by atoms with Crippen LogP contribution in [0.3, 0.4) is 0 Å². The number of carbonyl (C=O) groups is 2. The molecule has 0 atom stereocenters. The van der Waals surface area contributed by atoms with E-state index in [9.17, 15) is 9.59 Å². The number of amides is 2. The lowest BCUT2D eigenvalue weighted by atomic mass is 10.00. The molecule has 0 unspecified atom stereocenters. The lowest BCUT2D eigenvalue weighted by Gasteiger charge is -2.30. The molecular weight excluding hydrogens is 376 g/mol. The van der Waals surface area contributed by atoms with Crippen molar-refractivity contribution in [2.45, 2.75) is 19.8 Å². The van der Waals surface area contributed by atoms with Gasteiger partial charge in [0.05, 0.1) is 11.5 Å². The maximum atomic E-state index is 12.5. The van der Waals surface area contributed by atoms with Crippen molar-refractivity contribution in [2.75, 3.05) is 34.0 Å². The van der Waals surface area contributed by atoms with Crippen molar-refractivity contribution in [2.24, 2.45) is 0 Å². The van der Waals surface area contributed by atoms with E-state index in [0.29, 0.717) is 18.1 Å². The zero-order valence-electron chi connectivity index (χ0n) is 14.4. The second-order valence-corrected chi connectivity index (χ2v) is 6.84. The highest BCUT2D eigenvalue weighted by Crippen LogP contribution is 2.31. The molecule has 2 amide bonds. The Hall–Kier alpha value is -2.19. The SMILES string of the molecule is Cc1cc(NC(=O)CSCC(=O)N2CCCc3c(N)cccc32)no1.Cl. The molecule has 0 spiro atoms. The van der Waals surface area contributed by atoms with Crippen LogP contribution in [-0.2, 0) is 16.0 Å². The molecule has 1 aromatic carbocycles. The monoisotopic (exact) mass is 396 g/mol. The minimum absolute atomic E-state index is 0. The van der Waals surface area contributed by atoms with E-state index in [1.54, 1.807) is 17.9 Å². The van der Waals surface area contributed by atoms with E-state index in [1.165, 1.54) is 11.8 Å². The third kappa shape index (κ3) is 4.70. The van der Waals surface area contributed by atoms with Gasteiger partial charge in [-0.3, -0.25) is 9.59 Å². The third-order valence-electron chi connectivity index (χ3n) is 3.94. The van der Waals surface area contributed by atoms with Gasteiger partial charge in [0, 0.05) is 24.0 Å². The molecule has 3 rings (SSSR count). The first kappa shape index (κ1) is 20.1. The minimum Gasteiger partial charge on any atom is -0.398 e. The fourth-order valence-electron chi connectivity index (χ4n) is 2.82. The van der Waals surface area contributed by atoms with Crippen LogP contribution < -0.4 is 16.0 Å². The number of benzene rings is 1. The van der Waals surface area contributed by atoms with Crippen LogP contribution in [0.2, 0.25) is 0 Å². The number of thioether (sulfide) groups is 1. The first-order valence-corrected chi connectivity index (χ1v) is 9.18. The summed E-state index contributed by atoms with van der Waals surface area (Å²) in [6.07, 6.45) is 1.78. The van der Waals surface area contributed by atoms with Gasteiger partial charge in [0.1, 0.15) is 5.76 Å². The lowest BCUT2D eigenvalue weighted by molar-refractivity contribution is -0.116. The topological polar surface area (TPSA) is 101 Å². The molecule has 0 saturated carbocycles. The molecule has 9 heteroatoms. The van der Waals surface area contributed by atoms with Crippen molar-refractivity contribution < 1.29 is 14.1 Å². The molecule has 2 aromatic rings. The van der Waals surface area contributed by atoms with E-state index >= 15 is 0 Å². The molecule has 0 fully saturated rings. The van der Waals surface area contributed by atoms with Crippen molar-refractivity contribution in [3.8, 4) is 0 Å². The number of carbonyl (C=O) groups excluding carboxylic acids is 2. The summed E-state index contributed by atoms with van der Waals surface area (Å²) in [4.78, 5) is 26.2. The zero-order valence-corrected chi connectivity index (χ0v) is 16.0. The van der Waals surface area contributed by atoms with Crippen LogP contribution in [0.15, 0.2) is 28.8 Å². The Bertz CT molecular complexity index is 796. The number of nitrogens with zero attached hydrogens (tertiary/aromatic N) is 2. The molecule has 26 heavy (non-hydrogen) atoms. The van der Waals surface area contributed by atoms with E-state index in [-0.39, 0.29) is 35.7 Å². The number of aromatic nitrogens is 1. The van der Waals surface area contributed by atoms with Crippen molar-refractivity contribution in [1.29, 1.82) is 0 Å². The summed E-state index contributed by atoms with van der Waals surface area (Å²) in [5, 5.41) is 6.34. The average Bonchev–Trinajstić information content (AvgIpc) is 2.99. The number of hydrogen-bond donors (Lipinski definition) is 2. The standard InChI is InChI=1S/C17H20N4O3S.ClH/c1-11-8-15(20-24-11)19-16(22)9-25-10-17(23)21-7-3-4-12-13(18)5-2-6-14(12)21;/h2,5-6,8H,3-4,7,9-10,18H2,1H3,(H,19,20,22);1H. The van der Waals surface area contributed by atoms with Crippen molar-refractivity contribution in [3.05, 3.63) is 35.6 Å². The molecule has 1 aromatic heterocycles. The Labute approximate surface area is 162 Å². The first-order chi connectivity index (χ1) is 12.0. The van der Waals surface area contributed by atoms with E-state index in [0.717, 1.165) is 29.8 Å². The number of anilines is 3. The Morgan fingerprint density at radius 2 is 2.19 bits per heavy atom. The van der Waals surface area contributed by atoms with Crippen LogP contribution in [0.25, 0.3) is 0 Å². The number of halogens is 1. The molecule has 7 nitrogen and oxygen atoms in total. The summed E-state index contributed by atoms with van der Waals surface area (Å²) >= 11 is 1.28. The number of fused-ring (bicyclic) bond motifs is 1. The number of rotatable bonds is 5. The number of nitrogen functional groups attached to an aromatic ring is 1. The summed E-state index contributed by atoms with van der Waals surface area (Å²) in [6.45, 7) is 2.43. The lowest BCUT2D eigenvalue weighted by Crippen LogP contribution is -2.37. The second kappa shape index (κ2) is 8.95. The van der Waals surface area contributed by atoms with E-state index in [4.69, 9.17) is 10.3 Å². The molecule has 1 aliphatic heterocycles. The molecular formula is C17H21ClN4O3S. The predicted molar refractivity (Wildman–Crippen MR) is 106 cm³/mol. The highest BCUT2D eigenvalue weighted by molar-refractivity contribution is 8.00. The molecule has 0 radical (unpaired) electrons. The second-order valence-electron chi connectivity index (χ2n) is 5.86. The number of aryl methyl sites for hydroxylation is 1. The van der Waals surface area contributed by atoms with Gasteiger partial charge in [0.15, 0.2) is 5.82 Å². The van der Waals surface area contributed by atoms with Gasteiger partial charge in [-0.2, -0.15) is 0 Å². The summed E-state index contributed by atoms with van der Waals surface area (Å²) in [7, 11) is 0. The van der Waals surface area contributed by atoms with Crippen molar-refractivity contribution in [1.82, 2.24) is 5.16 Å². The van der Waals surface area contributed by atoms with Crippen molar-refractivity contribution in [3.63, 3.8) is 0 Å².